The van der Waals surface area contributed by atoms with Crippen LogP contribution in [0.15, 0.2) is 22.8 Å². The summed E-state index contributed by atoms with van der Waals surface area (Å²) in [6.45, 7) is 1.76. The number of H-pyrrole nitrogens is 1. The highest BCUT2D eigenvalue weighted by atomic mass is 79.9. The van der Waals surface area contributed by atoms with Gasteiger partial charge in [0.1, 0.15) is 5.82 Å². The van der Waals surface area contributed by atoms with E-state index in [0.29, 0.717) is 10.0 Å². The van der Waals surface area contributed by atoms with Gasteiger partial charge in [-0.1, -0.05) is 0 Å². The van der Waals surface area contributed by atoms with Crippen LogP contribution in [0.5, 0.6) is 0 Å². The van der Waals surface area contributed by atoms with E-state index in [1.807, 2.05) is 12.3 Å². The fourth-order valence-electron chi connectivity index (χ4n) is 1.32. The van der Waals surface area contributed by atoms with Crippen molar-refractivity contribution >= 4 is 26.8 Å². The van der Waals surface area contributed by atoms with Crippen molar-refractivity contribution in [3.63, 3.8) is 0 Å². The molecule has 3 heteroatoms. The Kier molecular flexibility index (Phi) is 1.68. The molecule has 1 N–H and O–H groups in total. The molecule has 0 radical (unpaired) electrons. The number of aryl methyl sites for hydroxylation is 1. The van der Waals surface area contributed by atoms with Crippen LogP contribution in [0.1, 0.15) is 5.56 Å². The Morgan fingerprint density at radius 2 is 2.25 bits per heavy atom. The lowest BCUT2D eigenvalue weighted by Crippen LogP contribution is -1.85. The highest BCUT2D eigenvalue weighted by Gasteiger charge is 2.07. The summed E-state index contributed by atoms with van der Waals surface area (Å²) >= 11 is 3.16. The molecule has 0 spiro atoms. The number of aromatic amines is 1. The van der Waals surface area contributed by atoms with Gasteiger partial charge in [-0.15, -0.1) is 0 Å². The first-order valence-electron chi connectivity index (χ1n) is 3.62. The number of hydrogen-bond acceptors (Lipinski definition) is 0. The number of rotatable bonds is 0. The standard InChI is InChI=1S/C9H7BrFN/c1-5-8(11)7(10)4-6-2-3-12-9(5)6/h2-4,12H,1H3. The monoisotopic (exact) mass is 227 g/mol. The Labute approximate surface area is 77.7 Å². The summed E-state index contributed by atoms with van der Waals surface area (Å²) in [4.78, 5) is 3.00. The molecule has 0 aliphatic rings. The van der Waals surface area contributed by atoms with Gasteiger partial charge in [0.05, 0.1) is 9.99 Å². The van der Waals surface area contributed by atoms with E-state index in [1.54, 1.807) is 13.0 Å². The second kappa shape index (κ2) is 2.59. The second-order valence-corrected chi connectivity index (χ2v) is 3.59. The summed E-state index contributed by atoms with van der Waals surface area (Å²) in [6, 6.07) is 3.70. The normalized spacial score (nSPS) is 10.9. The number of aromatic nitrogens is 1. The molecule has 1 aromatic carbocycles. The van der Waals surface area contributed by atoms with Gasteiger partial charge < -0.3 is 4.98 Å². The molecule has 0 amide bonds. The molecule has 62 valence electrons. The molecule has 0 aliphatic heterocycles. The Balaban J connectivity index is 2.94. The van der Waals surface area contributed by atoms with E-state index >= 15 is 0 Å². The summed E-state index contributed by atoms with van der Waals surface area (Å²) < 4.78 is 13.8. The first-order chi connectivity index (χ1) is 5.70. The summed E-state index contributed by atoms with van der Waals surface area (Å²) in [5, 5.41) is 1.03. The minimum absolute atomic E-state index is 0.190. The maximum Gasteiger partial charge on any atom is 0.142 e. The van der Waals surface area contributed by atoms with Crippen LogP contribution in [-0.2, 0) is 0 Å². The van der Waals surface area contributed by atoms with Crippen LogP contribution in [-0.4, -0.2) is 4.98 Å². The van der Waals surface area contributed by atoms with Crippen molar-refractivity contribution in [3.05, 3.63) is 34.2 Å². The maximum atomic E-state index is 13.3. The predicted octanol–water partition coefficient (Wildman–Crippen LogP) is 3.38. The second-order valence-electron chi connectivity index (χ2n) is 2.74. The first-order valence-corrected chi connectivity index (χ1v) is 4.41. The van der Waals surface area contributed by atoms with Crippen molar-refractivity contribution in [1.82, 2.24) is 4.98 Å². The lowest BCUT2D eigenvalue weighted by molar-refractivity contribution is 0.614. The fraction of sp³-hybridized carbons (Fsp3) is 0.111. The number of benzene rings is 1. The molecule has 2 rings (SSSR count). The van der Waals surface area contributed by atoms with Crippen molar-refractivity contribution in [2.45, 2.75) is 6.92 Å². The molecule has 0 atom stereocenters. The first kappa shape index (κ1) is 7.80. The molecule has 0 unspecified atom stereocenters. The summed E-state index contributed by atoms with van der Waals surface area (Å²) in [5.41, 5.74) is 1.53. The highest BCUT2D eigenvalue weighted by molar-refractivity contribution is 9.10. The Bertz CT molecular complexity index is 433. The van der Waals surface area contributed by atoms with E-state index in [1.165, 1.54) is 0 Å². The van der Waals surface area contributed by atoms with Crippen LogP contribution in [0.2, 0.25) is 0 Å². The largest absolute Gasteiger partial charge is 0.361 e. The SMILES string of the molecule is Cc1c(F)c(Br)cc2cc[nH]c12. The zero-order chi connectivity index (χ0) is 8.72. The van der Waals surface area contributed by atoms with Crippen LogP contribution < -0.4 is 0 Å². The van der Waals surface area contributed by atoms with Crippen LogP contribution in [0.25, 0.3) is 10.9 Å². The van der Waals surface area contributed by atoms with Crippen molar-refractivity contribution in [2.24, 2.45) is 0 Å². The number of hydrogen-bond donors (Lipinski definition) is 1. The van der Waals surface area contributed by atoms with Crippen molar-refractivity contribution in [1.29, 1.82) is 0 Å². The molecular weight excluding hydrogens is 221 g/mol. The molecule has 12 heavy (non-hydrogen) atoms. The lowest BCUT2D eigenvalue weighted by atomic mass is 10.1. The Morgan fingerprint density at radius 1 is 1.50 bits per heavy atom. The van der Waals surface area contributed by atoms with Gasteiger partial charge in [0.15, 0.2) is 0 Å². The molecule has 0 fully saturated rings. The summed E-state index contributed by atoms with van der Waals surface area (Å²) in [5.74, 6) is -0.190. The molecular formula is C9H7BrFN. The minimum Gasteiger partial charge on any atom is -0.361 e. The average Bonchev–Trinajstić information content (AvgIpc) is 2.48. The molecule has 0 bridgehead atoms. The fourth-order valence-corrected chi connectivity index (χ4v) is 1.86. The van der Waals surface area contributed by atoms with Gasteiger partial charge >= 0.3 is 0 Å². The van der Waals surface area contributed by atoms with E-state index in [4.69, 9.17) is 0 Å². The van der Waals surface area contributed by atoms with Gasteiger partial charge in [-0.25, -0.2) is 4.39 Å². The maximum absolute atomic E-state index is 13.3. The number of halogens is 2. The summed E-state index contributed by atoms with van der Waals surface area (Å²) in [6.07, 6.45) is 1.81. The average molecular weight is 228 g/mol. The van der Waals surface area contributed by atoms with Gasteiger partial charge in [0.25, 0.3) is 0 Å². The Morgan fingerprint density at radius 3 is 3.00 bits per heavy atom. The number of nitrogens with one attached hydrogen (secondary N) is 1. The topological polar surface area (TPSA) is 15.8 Å². The van der Waals surface area contributed by atoms with Crippen LogP contribution in [0, 0.1) is 12.7 Å². The Hall–Kier alpha value is -0.830. The summed E-state index contributed by atoms with van der Waals surface area (Å²) in [7, 11) is 0. The van der Waals surface area contributed by atoms with E-state index in [0.717, 1.165) is 10.9 Å². The molecule has 1 nitrogen and oxygen atoms in total. The third kappa shape index (κ3) is 0.966. The van der Waals surface area contributed by atoms with Crippen molar-refractivity contribution in [2.75, 3.05) is 0 Å². The van der Waals surface area contributed by atoms with Gasteiger partial charge in [-0.05, 0) is 35.0 Å². The van der Waals surface area contributed by atoms with E-state index in [-0.39, 0.29) is 5.82 Å². The molecule has 0 saturated carbocycles. The van der Waals surface area contributed by atoms with Gasteiger partial charge in [0, 0.05) is 17.1 Å². The van der Waals surface area contributed by atoms with Crippen molar-refractivity contribution < 1.29 is 4.39 Å². The smallest absolute Gasteiger partial charge is 0.142 e. The van der Waals surface area contributed by atoms with Crippen molar-refractivity contribution in [3.8, 4) is 0 Å². The van der Waals surface area contributed by atoms with Gasteiger partial charge in [0.2, 0.25) is 0 Å². The molecule has 1 aromatic heterocycles. The van der Waals surface area contributed by atoms with E-state index < -0.39 is 0 Å². The van der Waals surface area contributed by atoms with E-state index in [2.05, 4.69) is 20.9 Å². The quantitative estimate of drug-likeness (QED) is 0.711. The predicted molar refractivity (Wildman–Crippen MR) is 50.7 cm³/mol. The minimum atomic E-state index is -0.190. The van der Waals surface area contributed by atoms with E-state index in [9.17, 15) is 4.39 Å². The van der Waals surface area contributed by atoms with Crippen LogP contribution >= 0.6 is 15.9 Å². The number of fused-ring (bicyclic) bond motifs is 1. The van der Waals surface area contributed by atoms with Gasteiger partial charge in [-0.2, -0.15) is 0 Å². The third-order valence-corrected chi connectivity index (χ3v) is 2.55. The molecule has 0 saturated heterocycles. The third-order valence-electron chi connectivity index (χ3n) is 1.98. The zero-order valence-electron chi connectivity index (χ0n) is 6.49. The molecule has 0 aliphatic carbocycles. The van der Waals surface area contributed by atoms with Gasteiger partial charge in [-0.3, -0.25) is 0 Å². The molecule has 2 aromatic rings. The molecule has 1 heterocycles. The van der Waals surface area contributed by atoms with Crippen LogP contribution in [0.4, 0.5) is 4.39 Å². The highest BCUT2D eigenvalue weighted by Crippen LogP contribution is 2.26. The lowest BCUT2D eigenvalue weighted by Gasteiger charge is -2.00. The zero-order valence-corrected chi connectivity index (χ0v) is 8.07. The van der Waals surface area contributed by atoms with Crippen LogP contribution in [0.3, 0.4) is 0 Å².